The van der Waals surface area contributed by atoms with Crippen molar-refractivity contribution < 1.29 is 9.13 Å². The Labute approximate surface area is 154 Å². The fourth-order valence-electron chi connectivity index (χ4n) is 1.87. The maximum absolute atomic E-state index is 13.1. The summed E-state index contributed by atoms with van der Waals surface area (Å²) in [5.74, 6) is 0.400. The molecule has 0 aromatic heterocycles. The van der Waals surface area contributed by atoms with Crippen molar-refractivity contribution in [2.75, 3.05) is 6.54 Å². The zero-order valence-electron chi connectivity index (χ0n) is 13.1. The molecular weight excluding hydrogens is 393 g/mol. The Morgan fingerprint density at radius 1 is 1.33 bits per heavy atom. The van der Waals surface area contributed by atoms with Crippen LogP contribution < -0.4 is 15.5 Å². The van der Waals surface area contributed by atoms with Gasteiger partial charge in [-0.3, -0.25) is 5.43 Å². The van der Waals surface area contributed by atoms with Gasteiger partial charge in [-0.2, -0.15) is 5.10 Å². The first kappa shape index (κ1) is 18.4. The van der Waals surface area contributed by atoms with Gasteiger partial charge in [-0.15, -0.1) is 0 Å². The van der Waals surface area contributed by atoms with Crippen LogP contribution in [0.3, 0.4) is 0 Å². The molecule has 7 heteroatoms. The fourth-order valence-corrected chi connectivity index (χ4v) is 2.58. The van der Waals surface area contributed by atoms with Crippen molar-refractivity contribution in [1.82, 2.24) is 10.7 Å². The van der Waals surface area contributed by atoms with Crippen molar-refractivity contribution >= 4 is 39.5 Å². The number of hydrazone groups is 1. The summed E-state index contributed by atoms with van der Waals surface area (Å²) >= 11 is 8.47. The first-order valence-corrected chi connectivity index (χ1v) is 8.52. The molecular formula is C17H17BrFN3OS. The molecule has 0 aliphatic heterocycles. The van der Waals surface area contributed by atoms with Crippen LogP contribution in [0.15, 0.2) is 52.0 Å². The van der Waals surface area contributed by atoms with Gasteiger partial charge in [0, 0.05) is 6.54 Å². The van der Waals surface area contributed by atoms with Crippen LogP contribution in [0.5, 0.6) is 5.75 Å². The Balaban J connectivity index is 1.94. The van der Waals surface area contributed by atoms with E-state index in [1.165, 1.54) is 12.1 Å². The van der Waals surface area contributed by atoms with Crippen molar-refractivity contribution in [3.05, 3.63) is 63.9 Å². The Morgan fingerprint density at radius 2 is 2.17 bits per heavy atom. The number of hydrogen-bond donors (Lipinski definition) is 2. The third-order valence-electron chi connectivity index (χ3n) is 2.96. The Bertz CT molecular complexity index is 740. The monoisotopic (exact) mass is 409 g/mol. The van der Waals surface area contributed by atoms with Crippen molar-refractivity contribution in [2.24, 2.45) is 5.10 Å². The molecule has 4 nitrogen and oxygen atoms in total. The molecule has 0 aliphatic carbocycles. The highest BCUT2D eigenvalue weighted by atomic mass is 79.9. The third-order valence-corrected chi connectivity index (χ3v) is 3.81. The second-order valence-corrected chi connectivity index (χ2v) is 6.10. The fraction of sp³-hybridized carbons (Fsp3) is 0.176. The van der Waals surface area contributed by atoms with Gasteiger partial charge < -0.3 is 10.1 Å². The summed E-state index contributed by atoms with van der Waals surface area (Å²) in [7, 11) is 0. The van der Waals surface area contributed by atoms with Crippen LogP contribution in [-0.2, 0) is 6.61 Å². The first-order valence-electron chi connectivity index (χ1n) is 7.32. The molecule has 0 saturated heterocycles. The molecule has 0 aliphatic rings. The van der Waals surface area contributed by atoms with Crippen LogP contribution >= 0.6 is 28.1 Å². The molecule has 0 saturated carbocycles. The van der Waals surface area contributed by atoms with Crippen molar-refractivity contribution in [1.29, 1.82) is 0 Å². The molecule has 0 amide bonds. The van der Waals surface area contributed by atoms with E-state index in [1.807, 2.05) is 31.2 Å². The van der Waals surface area contributed by atoms with Crippen LogP contribution in [0, 0.1) is 5.82 Å². The van der Waals surface area contributed by atoms with Crippen molar-refractivity contribution in [3.63, 3.8) is 0 Å². The number of nitrogens with one attached hydrogen (secondary N) is 2. The molecule has 0 radical (unpaired) electrons. The lowest BCUT2D eigenvalue weighted by atomic mass is 10.2. The Hall–Kier alpha value is -1.99. The van der Waals surface area contributed by atoms with Crippen LogP contribution in [0.2, 0.25) is 0 Å². The third kappa shape index (κ3) is 5.90. The number of ether oxygens (including phenoxy) is 1. The van der Waals surface area contributed by atoms with Crippen LogP contribution in [0.4, 0.5) is 4.39 Å². The number of halogens is 2. The van der Waals surface area contributed by atoms with E-state index in [4.69, 9.17) is 17.0 Å². The molecule has 2 aromatic rings. The lowest BCUT2D eigenvalue weighted by molar-refractivity contribution is 0.303. The normalized spacial score (nSPS) is 10.6. The van der Waals surface area contributed by atoms with Gasteiger partial charge in [-0.05, 0) is 76.5 Å². The van der Waals surface area contributed by atoms with Gasteiger partial charge in [0.2, 0.25) is 0 Å². The number of benzene rings is 2. The van der Waals surface area contributed by atoms with Gasteiger partial charge in [-0.1, -0.05) is 12.1 Å². The standard InChI is InChI=1S/C17H17BrFN3OS/c1-2-20-17(24)22-21-10-12-6-7-16(15(18)9-12)23-11-13-4-3-5-14(19)8-13/h3-10H,2,11H2,1H3,(H2,20,22,24). The van der Waals surface area contributed by atoms with Crippen molar-refractivity contribution in [3.8, 4) is 5.75 Å². The summed E-state index contributed by atoms with van der Waals surface area (Å²) < 4.78 is 19.6. The van der Waals surface area contributed by atoms with Gasteiger partial charge in [-0.25, -0.2) is 4.39 Å². The van der Waals surface area contributed by atoms with E-state index in [9.17, 15) is 4.39 Å². The highest BCUT2D eigenvalue weighted by Crippen LogP contribution is 2.26. The predicted octanol–water partition coefficient (Wildman–Crippen LogP) is 3.99. The molecule has 0 spiro atoms. The molecule has 126 valence electrons. The minimum absolute atomic E-state index is 0.273. The maximum atomic E-state index is 13.1. The maximum Gasteiger partial charge on any atom is 0.186 e. The first-order chi connectivity index (χ1) is 11.6. The zero-order chi connectivity index (χ0) is 17.4. The van der Waals surface area contributed by atoms with Gasteiger partial charge in [0.05, 0.1) is 10.7 Å². The Morgan fingerprint density at radius 3 is 2.88 bits per heavy atom. The summed E-state index contributed by atoms with van der Waals surface area (Å²) in [4.78, 5) is 0. The van der Waals surface area contributed by atoms with Crippen LogP contribution in [0.25, 0.3) is 0 Å². The molecule has 0 atom stereocenters. The van der Waals surface area contributed by atoms with E-state index in [0.29, 0.717) is 17.5 Å². The van der Waals surface area contributed by atoms with Gasteiger partial charge >= 0.3 is 0 Å². The SMILES string of the molecule is CCNC(=S)NN=Cc1ccc(OCc2cccc(F)c2)c(Br)c1. The average molecular weight is 410 g/mol. The highest BCUT2D eigenvalue weighted by Gasteiger charge is 2.03. The molecule has 2 N–H and O–H groups in total. The van der Waals surface area contributed by atoms with E-state index in [1.54, 1.807) is 12.3 Å². The van der Waals surface area contributed by atoms with Crippen LogP contribution in [-0.4, -0.2) is 17.9 Å². The van der Waals surface area contributed by atoms with Gasteiger partial charge in [0.25, 0.3) is 0 Å². The Kier molecular flexibility index (Phi) is 7.14. The number of hydrogen-bond acceptors (Lipinski definition) is 3. The number of rotatable bonds is 6. The predicted molar refractivity (Wildman–Crippen MR) is 102 cm³/mol. The number of thiocarbonyl (C=S) groups is 1. The smallest absolute Gasteiger partial charge is 0.186 e. The molecule has 0 heterocycles. The molecule has 2 aromatic carbocycles. The summed E-state index contributed by atoms with van der Waals surface area (Å²) in [6.07, 6.45) is 1.66. The van der Waals surface area contributed by atoms with E-state index in [-0.39, 0.29) is 5.82 Å². The molecule has 2 rings (SSSR count). The molecule has 0 unspecified atom stereocenters. The lowest BCUT2D eigenvalue weighted by Gasteiger charge is -2.09. The second kappa shape index (κ2) is 9.34. The summed E-state index contributed by atoms with van der Waals surface area (Å²) in [6.45, 7) is 2.99. The quantitative estimate of drug-likeness (QED) is 0.430. The van der Waals surface area contributed by atoms with Gasteiger partial charge in [0.15, 0.2) is 5.11 Å². The summed E-state index contributed by atoms with van der Waals surface area (Å²) in [5.41, 5.74) is 4.38. The summed E-state index contributed by atoms with van der Waals surface area (Å²) in [5, 5.41) is 7.47. The minimum Gasteiger partial charge on any atom is -0.488 e. The minimum atomic E-state index is -0.273. The largest absolute Gasteiger partial charge is 0.488 e. The molecule has 24 heavy (non-hydrogen) atoms. The summed E-state index contributed by atoms with van der Waals surface area (Å²) in [6, 6.07) is 11.9. The van der Waals surface area contributed by atoms with E-state index < -0.39 is 0 Å². The van der Waals surface area contributed by atoms with E-state index in [2.05, 4.69) is 31.8 Å². The highest BCUT2D eigenvalue weighted by molar-refractivity contribution is 9.10. The molecule has 0 bridgehead atoms. The van der Waals surface area contributed by atoms with E-state index in [0.717, 1.165) is 22.1 Å². The number of nitrogens with zero attached hydrogens (tertiary/aromatic N) is 1. The average Bonchev–Trinajstić information content (AvgIpc) is 2.54. The lowest BCUT2D eigenvalue weighted by Crippen LogP contribution is -2.31. The van der Waals surface area contributed by atoms with Gasteiger partial charge in [0.1, 0.15) is 18.2 Å². The zero-order valence-corrected chi connectivity index (χ0v) is 15.5. The van der Waals surface area contributed by atoms with E-state index >= 15 is 0 Å². The second-order valence-electron chi connectivity index (χ2n) is 4.84. The van der Waals surface area contributed by atoms with Crippen molar-refractivity contribution in [2.45, 2.75) is 13.5 Å². The van der Waals surface area contributed by atoms with Crippen LogP contribution in [0.1, 0.15) is 18.1 Å². The topological polar surface area (TPSA) is 45.7 Å². The molecule has 0 fully saturated rings.